The van der Waals surface area contributed by atoms with Crippen LogP contribution >= 0.6 is 60.4 Å². The molecule has 14 heteroatoms. The van der Waals surface area contributed by atoms with Crippen molar-refractivity contribution >= 4 is 89.6 Å². The van der Waals surface area contributed by atoms with E-state index in [-0.39, 0.29) is 54.2 Å². The number of carbonyl (C=O) groups excluding carboxylic acids is 2. The number of aromatic nitrogens is 2. The predicted octanol–water partition coefficient (Wildman–Crippen LogP) is 5.26. The van der Waals surface area contributed by atoms with Crippen LogP contribution in [0.3, 0.4) is 0 Å². The van der Waals surface area contributed by atoms with Crippen LogP contribution in [-0.2, 0) is 0 Å². The molecule has 4 rings (SSSR count). The lowest BCUT2D eigenvalue weighted by Gasteiger charge is -2.22. The maximum Gasteiger partial charge on any atom is 0.258 e. The molecule has 2 amide bonds. The SMILES string of the molecule is CC1CCCN(c2ccc(C(=O)Nc3ccc(Cl)cc3C(=O)Nc3ccc(Cl)cn3)cn2)CN1.Cl.Cl.Cl.O. The predicted molar refractivity (Wildman–Crippen MR) is 160 cm³/mol. The maximum atomic E-state index is 12.9. The minimum atomic E-state index is -0.469. The second kappa shape index (κ2) is 16.6. The van der Waals surface area contributed by atoms with Crippen LogP contribution in [0.15, 0.2) is 54.9 Å². The quantitative estimate of drug-likeness (QED) is 0.354. The number of halogens is 5. The fourth-order valence-electron chi connectivity index (χ4n) is 3.58. The van der Waals surface area contributed by atoms with Crippen LogP contribution in [0.1, 0.15) is 40.5 Å². The molecule has 208 valence electrons. The van der Waals surface area contributed by atoms with Gasteiger partial charge in [-0.15, -0.1) is 37.2 Å². The van der Waals surface area contributed by atoms with Crippen molar-refractivity contribution in [2.75, 3.05) is 28.7 Å². The molecular formula is C24H29Cl5N6O3. The topological polar surface area (TPSA) is 131 Å². The van der Waals surface area contributed by atoms with Gasteiger partial charge in [-0.3, -0.25) is 14.9 Å². The molecule has 1 unspecified atom stereocenters. The zero-order valence-corrected chi connectivity index (χ0v) is 24.2. The van der Waals surface area contributed by atoms with Crippen LogP contribution in [0.25, 0.3) is 0 Å². The van der Waals surface area contributed by atoms with Gasteiger partial charge in [0.25, 0.3) is 11.8 Å². The van der Waals surface area contributed by atoms with E-state index in [4.69, 9.17) is 23.2 Å². The second-order valence-electron chi connectivity index (χ2n) is 8.03. The third-order valence-electron chi connectivity index (χ3n) is 5.47. The minimum Gasteiger partial charge on any atom is -0.412 e. The Labute approximate surface area is 249 Å². The Bertz CT molecular complexity index is 1190. The van der Waals surface area contributed by atoms with Gasteiger partial charge in [-0.25, -0.2) is 9.97 Å². The molecule has 2 aromatic heterocycles. The Morgan fingerprint density at radius 3 is 2.34 bits per heavy atom. The largest absolute Gasteiger partial charge is 0.412 e. The Morgan fingerprint density at radius 2 is 1.68 bits per heavy atom. The second-order valence-corrected chi connectivity index (χ2v) is 8.91. The summed E-state index contributed by atoms with van der Waals surface area (Å²) in [6, 6.07) is 11.9. The molecule has 0 spiro atoms. The Kier molecular flexibility index (Phi) is 15.5. The molecule has 0 saturated carbocycles. The molecule has 38 heavy (non-hydrogen) atoms. The molecule has 0 radical (unpaired) electrons. The van der Waals surface area contributed by atoms with Gasteiger partial charge in [0.1, 0.15) is 11.6 Å². The maximum absolute atomic E-state index is 12.9. The molecule has 1 atom stereocenters. The molecule has 1 aromatic carbocycles. The number of rotatable bonds is 5. The van der Waals surface area contributed by atoms with E-state index in [9.17, 15) is 9.59 Å². The van der Waals surface area contributed by atoms with E-state index >= 15 is 0 Å². The van der Waals surface area contributed by atoms with Crippen LogP contribution in [-0.4, -0.2) is 46.5 Å². The molecule has 0 bridgehead atoms. The molecule has 1 aliphatic heterocycles. The fraction of sp³-hybridized carbons (Fsp3) is 0.250. The van der Waals surface area contributed by atoms with E-state index in [0.717, 1.165) is 25.2 Å². The summed E-state index contributed by atoms with van der Waals surface area (Å²) in [6.07, 6.45) is 5.15. The Balaban J connectivity index is 0.00000342. The third kappa shape index (κ3) is 9.43. The van der Waals surface area contributed by atoms with Crippen LogP contribution in [0.4, 0.5) is 17.3 Å². The van der Waals surface area contributed by atoms with Gasteiger partial charge in [0, 0.05) is 30.0 Å². The molecule has 1 aliphatic rings. The molecule has 1 saturated heterocycles. The van der Waals surface area contributed by atoms with Crippen molar-refractivity contribution in [3.05, 3.63) is 76.0 Å². The molecule has 0 aliphatic carbocycles. The zero-order chi connectivity index (χ0) is 24.1. The summed E-state index contributed by atoms with van der Waals surface area (Å²) < 4.78 is 0. The Hall–Kier alpha value is -2.37. The molecular weight excluding hydrogens is 598 g/mol. The molecule has 3 heterocycles. The van der Waals surface area contributed by atoms with Gasteiger partial charge in [0.05, 0.1) is 28.5 Å². The fourth-order valence-corrected chi connectivity index (χ4v) is 3.86. The number of anilines is 3. The van der Waals surface area contributed by atoms with E-state index < -0.39 is 5.91 Å². The lowest BCUT2D eigenvalue weighted by molar-refractivity contribution is 0.102. The van der Waals surface area contributed by atoms with E-state index in [1.807, 2.05) is 6.07 Å². The first kappa shape index (κ1) is 35.6. The standard InChI is InChI=1S/C24H24Cl2N6O2.3ClH.H2O/c1-15-3-2-10-32(14-29-15)22-9-4-16(12-28-22)23(33)30-20-7-5-17(25)11-19(20)24(34)31-21-8-6-18(26)13-27-21;;;;/h4-9,11-13,15,29H,2-3,10,14H2,1H3,(H,30,33)(H,27,31,34);3*1H;1H2. The summed E-state index contributed by atoms with van der Waals surface area (Å²) in [7, 11) is 0. The highest BCUT2D eigenvalue weighted by atomic mass is 35.5. The third-order valence-corrected chi connectivity index (χ3v) is 5.93. The number of nitrogens with one attached hydrogen (secondary N) is 3. The summed E-state index contributed by atoms with van der Waals surface area (Å²) >= 11 is 11.9. The highest BCUT2D eigenvalue weighted by molar-refractivity contribution is 6.31. The van der Waals surface area contributed by atoms with Crippen molar-refractivity contribution in [1.82, 2.24) is 15.3 Å². The van der Waals surface area contributed by atoms with Crippen LogP contribution in [0.2, 0.25) is 10.0 Å². The van der Waals surface area contributed by atoms with E-state index in [2.05, 4.69) is 37.7 Å². The van der Waals surface area contributed by atoms with Gasteiger partial charge in [0.2, 0.25) is 0 Å². The number of carbonyl (C=O) groups is 2. The van der Waals surface area contributed by atoms with Crippen molar-refractivity contribution in [2.45, 2.75) is 25.8 Å². The average Bonchev–Trinajstić information content (AvgIpc) is 3.06. The van der Waals surface area contributed by atoms with Gasteiger partial charge in [-0.1, -0.05) is 23.2 Å². The summed E-state index contributed by atoms with van der Waals surface area (Å²) in [6.45, 7) is 3.79. The van der Waals surface area contributed by atoms with Gasteiger partial charge in [0.15, 0.2) is 0 Å². The summed E-state index contributed by atoms with van der Waals surface area (Å²) in [5.41, 5.74) is 0.892. The number of amides is 2. The molecule has 9 nitrogen and oxygen atoms in total. The van der Waals surface area contributed by atoms with E-state index in [1.165, 1.54) is 18.5 Å². The monoisotopic (exact) mass is 624 g/mol. The number of hydrogen-bond donors (Lipinski definition) is 3. The average molecular weight is 627 g/mol. The Morgan fingerprint density at radius 1 is 0.947 bits per heavy atom. The van der Waals surface area contributed by atoms with E-state index in [0.29, 0.717) is 39.8 Å². The minimum absolute atomic E-state index is 0. The number of hydrogen-bond acceptors (Lipinski definition) is 6. The van der Waals surface area contributed by atoms with Gasteiger partial charge < -0.3 is 21.0 Å². The lowest BCUT2D eigenvalue weighted by atomic mass is 10.1. The number of benzene rings is 1. The number of nitrogens with zero attached hydrogens (tertiary/aromatic N) is 3. The molecule has 1 fully saturated rings. The summed E-state index contributed by atoms with van der Waals surface area (Å²) in [5, 5.41) is 9.72. The highest BCUT2D eigenvalue weighted by Gasteiger charge is 2.18. The smallest absolute Gasteiger partial charge is 0.258 e. The first-order valence-electron chi connectivity index (χ1n) is 10.9. The van der Waals surface area contributed by atoms with Crippen LogP contribution < -0.4 is 20.9 Å². The van der Waals surface area contributed by atoms with Crippen molar-refractivity contribution in [3.63, 3.8) is 0 Å². The molecule has 5 N–H and O–H groups in total. The molecule has 3 aromatic rings. The summed E-state index contributed by atoms with van der Waals surface area (Å²) in [5.74, 6) is 0.274. The lowest BCUT2D eigenvalue weighted by Crippen LogP contribution is -2.36. The van der Waals surface area contributed by atoms with Crippen molar-refractivity contribution in [1.29, 1.82) is 0 Å². The van der Waals surface area contributed by atoms with Gasteiger partial charge in [-0.2, -0.15) is 0 Å². The normalized spacial score (nSPS) is 14.3. The van der Waals surface area contributed by atoms with Gasteiger partial charge >= 0.3 is 0 Å². The highest BCUT2D eigenvalue weighted by Crippen LogP contribution is 2.23. The first-order chi connectivity index (χ1) is 16.4. The summed E-state index contributed by atoms with van der Waals surface area (Å²) in [4.78, 5) is 36.4. The number of pyridine rings is 2. The van der Waals surface area contributed by atoms with E-state index in [1.54, 1.807) is 30.3 Å². The first-order valence-corrected chi connectivity index (χ1v) is 11.6. The van der Waals surface area contributed by atoms with Crippen molar-refractivity contribution < 1.29 is 15.1 Å². The zero-order valence-electron chi connectivity index (χ0n) is 20.2. The van der Waals surface area contributed by atoms with Crippen molar-refractivity contribution in [2.24, 2.45) is 0 Å². The van der Waals surface area contributed by atoms with Crippen LogP contribution in [0, 0.1) is 0 Å². The van der Waals surface area contributed by atoms with Crippen LogP contribution in [0.5, 0.6) is 0 Å². The van der Waals surface area contributed by atoms with Crippen molar-refractivity contribution in [3.8, 4) is 0 Å². The van der Waals surface area contributed by atoms with Gasteiger partial charge in [-0.05, 0) is 62.2 Å².